The van der Waals surface area contributed by atoms with Crippen molar-refractivity contribution >= 4 is 11.3 Å². The van der Waals surface area contributed by atoms with Gasteiger partial charge in [0.15, 0.2) is 0 Å². The van der Waals surface area contributed by atoms with Crippen molar-refractivity contribution in [1.29, 1.82) is 0 Å². The predicted octanol–water partition coefficient (Wildman–Crippen LogP) is 3.43. The van der Waals surface area contributed by atoms with Crippen LogP contribution in [0.3, 0.4) is 0 Å². The Bertz CT molecular complexity index is 491. The molecular weight excluding hydrogens is 230 g/mol. The van der Waals surface area contributed by atoms with Crippen LogP contribution in [-0.4, -0.2) is 0 Å². The minimum atomic E-state index is 0.816. The average molecular weight is 247 g/mol. The maximum Gasteiger partial charge on any atom is 0.117 e. The molecule has 0 atom stereocenters. The van der Waals surface area contributed by atoms with Crippen LogP contribution in [0.25, 0.3) is 0 Å². The summed E-state index contributed by atoms with van der Waals surface area (Å²) in [7, 11) is 0. The van der Waals surface area contributed by atoms with E-state index in [-0.39, 0.29) is 0 Å². The summed E-state index contributed by atoms with van der Waals surface area (Å²) in [5.74, 6) is 2.00. The summed E-state index contributed by atoms with van der Waals surface area (Å²) in [6, 6.07) is 6.42. The topological polar surface area (TPSA) is 25.2 Å². The fourth-order valence-electron chi connectivity index (χ4n) is 2.37. The smallest absolute Gasteiger partial charge is 0.117 e. The van der Waals surface area contributed by atoms with Crippen molar-refractivity contribution in [3.05, 3.63) is 45.0 Å². The van der Waals surface area contributed by atoms with Crippen LogP contribution in [0.5, 0.6) is 0 Å². The first-order valence-electron chi connectivity index (χ1n) is 6.18. The summed E-state index contributed by atoms with van der Waals surface area (Å²) >= 11 is 1.97. The summed E-state index contributed by atoms with van der Waals surface area (Å²) in [4.78, 5) is 3.06. The minimum Gasteiger partial charge on any atom is -0.465 e. The number of furan rings is 1. The zero-order valence-corrected chi connectivity index (χ0v) is 10.9. The van der Waals surface area contributed by atoms with Crippen LogP contribution < -0.4 is 5.32 Å². The summed E-state index contributed by atoms with van der Waals surface area (Å²) in [5, 5.41) is 3.44. The van der Waals surface area contributed by atoms with E-state index in [9.17, 15) is 0 Å². The highest BCUT2D eigenvalue weighted by Crippen LogP contribution is 2.30. The van der Waals surface area contributed by atoms with Gasteiger partial charge in [0.1, 0.15) is 11.5 Å². The van der Waals surface area contributed by atoms with Gasteiger partial charge in [-0.05, 0) is 49.9 Å². The Morgan fingerprint density at radius 3 is 3.00 bits per heavy atom. The Hall–Kier alpha value is -1.06. The molecule has 2 aromatic rings. The van der Waals surface area contributed by atoms with Gasteiger partial charge in [-0.25, -0.2) is 0 Å². The van der Waals surface area contributed by atoms with Crippen molar-refractivity contribution in [2.45, 2.75) is 39.3 Å². The van der Waals surface area contributed by atoms with Crippen LogP contribution >= 0.6 is 11.3 Å². The van der Waals surface area contributed by atoms with Crippen LogP contribution in [0.15, 0.2) is 22.6 Å². The lowest BCUT2D eigenvalue weighted by atomic mass is 10.2. The van der Waals surface area contributed by atoms with E-state index in [1.54, 1.807) is 10.4 Å². The van der Waals surface area contributed by atoms with Gasteiger partial charge in [-0.2, -0.15) is 0 Å². The fraction of sp³-hybridized carbons (Fsp3) is 0.429. The molecule has 17 heavy (non-hydrogen) atoms. The predicted molar refractivity (Wildman–Crippen MR) is 70.3 cm³/mol. The highest BCUT2D eigenvalue weighted by Gasteiger charge is 2.14. The first kappa shape index (κ1) is 11.1. The third kappa shape index (κ3) is 2.45. The average Bonchev–Trinajstić information content (AvgIpc) is 2.94. The van der Waals surface area contributed by atoms with Gasteiger partial charge in [0.25, 0.3) is 0 Å². The monoisotopic (exact) mass is 247 g/mol. The summed E-state index contributed by atoms with van der Waals surface area (Å²) < 4.78 is 5.52. The molecule has 1 aliphatic rings. The lowest BCUT2D eigenvalue weighted by molar-refractivity contribution is 0.462. The van der Waals surface area contributed by atoms with E-state index in [2.05, 4.69) is 11.4 Å². The Morgan fingerprint density at radius 2 is 2.24 bits per heavy atom. The quantitative estimate of drug-likeness (QED) is 0.895. The van der Waals surface area contributed by atoms with Crippen molar-refractivity contribution < 1.29 is 4.42 Å². The molecule has 0 saturated carbocycles. The molecule has 1 aliphatic carbocycles. The number of nitrogens with one attached hydrogen (secondary N) is 1. The molecule has 90 valence electrons. The van der Waals surface area contributed by atoms with E-state index in [0.29, 0.717) is 0 Å². The third-order valence-electron chi connectivity index (χ3n) is 3.19. The second-order valence-electron chi connectivity index (χ2n) is 4.63. The number of hydrogen-bond donors (Lipinski definition) is 1. The number of fused-ring (bicyclic) bond motifs is 1. The maximum absolute atomic E-state index is 5.52. The van der Waals surface area contributed by atoms with Gasteiger partial charge in [-0.3, -0.25) is 0 Å². The zero-order chi connectivity index (χ0) is 11.7. The Balaban J connectivity index is 1.54. The van der Waals surface area contributed by atoms with Crippen molar-refractivity contribution in [3.63, 3.8) is 0 Å². The van der Waals surface area contributed by atoms with Gasteiger partial charge in [0.2, 0.25) is 0 Å². The zero-order valence-electron chi connectivity index (χ0n) is 10.1. The molecule has 3 heteroatoms. The maximum atomic E-state index is 5.52. The summed E-state index contributed by atoms with van der Waals surface area (Å²) in [6.45, 7) is 3.75. The molecule has 0 saturated heterocycles. The molecule has 0 radical (unpaired) electrons. The Kier molecular flexibility index (Phi) is 3.04. The van der Waals surface area contributed by atoms with Crippen molar-refractivity contribution in [3.8, 4) is 0 Å². The van der Waals surface area contributed by atoms with E-state index < -0.39 is 0 Å². The second-order valence-corrected chi connectivity index (χ2v) is 5.85. The number of thiophene rings is 1. The molecule has 0 bridgehead atoms. The number of hydrogen-bond acceptors (Lipinski definition) is 3. The van der Waals surface area contributed by atoms with Crippen molar-refractivity contribution in [2.24, 2.45) is 0 Å². The Morgan fingerprint density at radius 1 is 1.29 bits per heavy atom. The normalized spacial score (nSPS) is 14.2. The number of rotatable bonds is 4. The molecule has 3 rings (SSSR count). The second kappa shape index (κ2) is 4.67. The van der Waals surface area contributed by atoms with Crippen LogP contribution in [0.1, 0.15) is 33.3 Å². The van der Waals surface area contributed by atoms with Gasteiger partial charge in [0, 0.05) is 16.3 Å². The van der Waals surface area contributed by atoms with Crippen molar-refractivity contribution in [1.82, 2.24) is 5.32 Å². The first-order valence-corrected chi connectivity index (χ1v) is 6.99. The molecule has 0 spiro atoms. The molecule has 2 nitrogen and oxygen atoms in total. The van der Waals surface area contributed by atoms with Crippen LogP contribution in [0, 0.1) is 6.92 Å². The lowest BCUT2D eigenvalue weighted by Crippen LogP contribution is -2.11. The molecule has 0 aromatic carbocycles. The van der Waals surface area contributed by atoms with Gasteiger partial charge >= 0.3 is 0 Å². The fourth-order valence-corrected chi connectivity index (χ4v) is 3.60. The molecule has 2 aromatic heterocycles. The molecule has 0 aliphatic heterocycles. The van der Waals surface area contributed by atoms with E-state index in [0.717, 1.165) is 24.6 Å². The van der Waals surface area contributed by atoms with Gasteiger partial charge in [-0.15, -0.1) is 11.3 Å². The molecular formula is C14H17NOS. The molecule has 2 heterocycles. The largest absolute Gasteiger partial charge is 0.465 e. The van der Waals surface area contributed by atoms with Gasteiger partial charge in [-0.1, -0.05) is 0 Å². The number of aryl methyl sites for hydroxylation is 3. The van der Waals surface area contributed by atoms with E-state index in [1.807, 2.05) is 30.4 Å². The molecule has 0 unspecified atom stereocenters. The van der Waals surface area contributed by atoms with Crippen LogP contribution in [0.4, 0.5) is 0 Å². The summed E-state index contributed by atoms with van der Waals surface area (Å²) in [5.41, 5.74) is 1.58. The van der Waals surface area contributed by atoms with E-state index in [4.69, 9.17) is 4.42 Å². The highest BCUT2D eigenvalue weighted by molar-refractivity contribution is 7.12. The molecule has 1 N–H and O–H groups in total. The SMILES string of the molecule is Cc1ccc(CNCc2cc3c(s2)CCC3)o1. The summed E-state index contributed by atoms with van der Waals surface area (Å²) in [6.07, 6.45) is 3.92. The molecule has 0 amide bonds. The van der Waals surface area contributed by atoms with Gasteiger partial charge in [0.05, 0.1) is 6.54 Å². The molecule has 0 fully saturated rings. The van der Waals surface area contributed by atoms with Crippen LogP contribution in [0.2, 0.25) is 0 Å². The van der Waals surface area contributed by atoms with E-state index >= 15 is 0 Å². The minimum absolute atomic E-state index is 0.816. The first-order chi connectivity index (χ1) is 8.31. The highest BCUT2D eigenvalue weighted by atomic mass is 32.1. The standard InChI is InChI=1S/C14H17NOS/c1-10-5-6-12(16-10)8-15-9-13-7-11-3-2-4-14(11)17-13/h5-7,15H,2-4,8-9H2,1H3. The third-order valence-corrected chi connectivity index (χ3v) is 4.43. The van der Waals surface area contributed by atoms with Crippen molar-refractivity contribution in [2.75, 3.05) is 0 Å². The Labute approximate surface area is 106 Å². The lowest BCUT2D eigenvalue weighted by Gasteiger charge is -2.00. The van der Waals surface area contributed by atoms with Gasteiger partial charge < -0.3 is 9.73 Å². The van der Waals surface area contributed by atoms with Crippen LogP contribution in [-0.2, 0) is 25.9 Å². The van der Waals surface area contributed by atoms with E-state index in [1.165, 1.54) is 24.1 Å².